The minimum absolute atomic E-state index is 0.134. The Hall–Kier alpha value is -3.39. The number of aliphatic carboxylic acids is 1. The molecule has 0 N–H and O–H groups in total. The van der Waals surface area contributed by atoms with Gasteiger partial charge in [0.15, 0.2) is 16.5 Å². The van der Waals surface area contributed by atoms with Crippen LogP contribution in [0.4, 0.5) is 0 Å². The Kier molecular flexibility index (Phi) is 4.95. The molecule has 1 atom stereocenters. The second-order valence-electron chi connectivity index (χ2n) is 7.01. The van der Waals surface area contributed by atoms with Crippen molar-refractivity contribution in [2.45, 2.75) is 26.9 Å². The zero-order chi connectivity index (χ0) is 21.6. The second kappa shape index (κ2) is 7.46. The zero-order valence-electron chi connectivity index (χ0n) is 16.9. The van der Waals surface area contributed by atoms with Gasteiger partial charge in [0.2, 0.25) is 0 Å². The number of ether oxygens (including phenoxy) is 2. The van der Waals surface area contributed by atoms with Gasteiger partial charge >= 0.3 is 0 Å². The number of imidazole rings is 1. The van der Waals surface area contributed by atoms with E-state index < -0.39 is 12.1 Å². The van der Waals surface area contributed by atoms with Crippen LogP contribution in [0.15, 0.2) is 35.1 Å². The van der Waals surface area contributed by atoms with Crippen LogP contribution in [0.5, 0.6) is 11.5 Å². The molecule has 7 nitrogen and oxygen atoms in total. The molecular weight excluding hydrogens is 404 g/mol. The van der Waals surface area contributed by atoms with Gasteiger partial charge in [0.25, 0.3) is 5.56 Å². The van der Waals surface area contributed by atoms with Crippen molar-refractivity contribution in [3.63, 3.8) is 0 Å². The number of fused-ring (bicyclic) bond motifs is 3. The number of hydrogen-bond donors (Lipinski definition) is 0. The van der Waals surface area contributed by atoms with Gasteiger partial charge in [-0.2, -0.15) is 0 Å². The van der Waals surface area contributed by atoms with Crippen molar-refractivity contribution < 1.29 is 19.4 Å². The van der Waals surface area contributed by atoms with Gasteiger partial charge in [-0.25, -0.2) is 9.38 Å². The fraction of sp³-hybridized carbons (Fsp3) is 0.227. The highest BCUT2D eigenvalue weighted by atomic mass is 32.1. The number of methoxy groups -OCH3 is 1. The molecule has 30 heavy (non-hydrogen) atoms. The molecule has 2 heterocycles. The quantitative estimate of drug-likeness (QED) is 0.484. The summed E-state index contributed by atoms with van der Waals surface area (Å²) in [7, 11) is 1.46. The molecular formula is C22H19N2O5S-. The highest BCUT2D eigenvalue weighted by Crippen LogP contribution is 2.29. The Morgan fingerprint density at radius 1 is 1.23 bits per heavy atom. The van der Waals surface area contributed by atoms with E-state index in [-0.39, 0.29) is 11.3 Å². The van der Waals surface area contributed by atoms with Gasteiger partial charge in [0.1, 0.15) is 6.10 Å². The molecule has 2 aromatic heterocycles. The van der Waals surface area contributed by atoms with Crippen molar-refractivity contribution in [2.24, 2.45) is 0 Å². The molecule has 4 rings (SSSR count). The zero-order valence-corrected chi connectivity index (χ0v) is 17.7. The fourth-order valence-corrected chi connectivity index (χ4v) is 4.21. The summed E-state index contributed by atoms with van der Waals surface area (Å²) in [5, 5.41) is 10.9. The van der Waals surface area contributed by atoms with Gasteiger partial charge in [0.05, 0.1) is 28.6 Å². The van der Waals surface area contributed by atoms with Crippen molar-refractivity contribution in [3.8, 4) is 11.5 Å². The number of carbonyl (C=O) groups excluding carboxylic acids is 1. The first-order chi connectivity index (χ1) is 14.3. The lowest BCUT2D eigenvalue weighted by Gasteiger charge is -2.17. The fourth-order valence-electron chi connectivity index (χ4n) is 3.23. The predicted octanol–water partition coefficient (Wildman–Crippen LogP) is 1.60. The molecule has 0 saturated heterocycles. The van der Waals surface area contributed by atoms with Crippen LogP contribution in [0, 0.1) is 13.8 Å². The van der Waals surface area contributed by atoms with Crippen LogP contribution in [-0.2, 0) is 4.79 Å². The molecule has 0 aliphatic rings. The number of thiazole rings is 1. The number of hydrogen-bond acceptors (Lipinski definition) is 7. The first-order valence-electron chi connectivity index (χ1n) is 9.28. The lowest BCUT2D eigenvalue weighted by molar-refractivity contribution is -0.312. The van der Waals surface area contributed by atoms with Crippen molar-refractivity contribution in [3.05, 3.63) is 61.9 Å². The van der Waals surface area contributed by atoms with E-state index >= 15 is 0 Å². The Labute approximate surface area is 175 Å². The molecule has 4 aromatic rings. The molecule has 0 radical (unpaired) electrons. The summed E-state index contributed by atoms with van der Waals surface area (Å²) in [6.07, 6.45) is 0.635. The minimum Gasteiger partial charge on any atom is -0.546 e. The maximum Gasteiger partial charge on any atom is 0.274 e. The van der Waals surface area contributed by atoms with Gasteiger partial charge in [-0.15, -0.1) is 0 Å². The van der Waals surface area contributed by atoms with E-state index in [0.717, 1.165) is 27.7 Å². The van der Waals surface area contributed by atoms with Crippen molar-refractivity contribution >= 4 is 39.4 Å². The molecule has 0 fully saturated rings. The summed E-state index contributed by atoms with van der Waals surface area (Å²) in [4.78, 5) is 29.2. The van der Waals surface area contributed by atoms with Crippen molar-refractivity contribution in [1.29, 1.82) is 0 Å². The third-order valence-electron chi connectivity index (χ3n) is 5.06. The Bertz CT molecular complexity index is 1400. The molecule has 0 aliphatic carbocycles. The first kappa shape index (κ1) is 19.9. The molecule has 0 unspecified atom stereocenters. The maximum absolute atomic E-state index is 13.0. The Morgan fingerprint density at radius 2 is 2.00 bits per heavy atom. The Balaban J connectivity index is 1.80. The molecule has 8 heteroatoms. The van der Waals surface area contributed by atoms with Gasteiger partial charge in [0, 0.05) is 0 Å². The van der Waals surface area contributed by atoms with Crippen LogP contribution in [-0.4, -0.2) is 28.6 Å². The lowest BCUT2D eigenvalue weighted by Crippen LogP contribution is -2.37. The minimum atomic E-state index is -1.32. The largest absolute Gasteiger partial charge is 0.546 e. The van der Waals surface area contributed by atoms with Gasteiger partial charge in [-0.3, -0.25) is 4.79 Å². The second-order valence-corrected chi connectivity index (χ2v) is 8.02. The number of rotatable bonds is 5. The highest BCUT2D eigenvalue weighted by Gasteiger charge is 2.14. The average molecular weight is 423 g/mol. The van der Waals surface area contributed by atoms with E-state index in [4.69, 9.17) is 9.47 Å². The van der Waals surface area contributed by atoms with Crippen LogP contribution in [0.2, 0.25) is 0 Å². The van der Waals surface area contributed by atoms with Gasteiger partial charge in [-0.1, -0.05) is 23.5 Å². The van der Waals surface area contributed by atoms with Crippen LogP contribution in [0.3, 0.4) is 0 Å². The van der Waals surface area contributed by atoms with Crippen molar-refractivity contribution in [1.82, 2.24) is 9.38 Å². The number of nitrogens with zero attached hydrogens (tertiary/aromatic N) is 2. The van der Waals surface area contributed by atoms with E-state index in [1.807, 2.05) is 26.0 Å². The Morgan fingerprint density at radius 3 is 2.70 bits per heavy atom. The maximum atomic E-state index is 13.0. The van der Waals surface area contributed by atoms with Crippen LogP contribution < -0.4 is 24.7 Å². The van der Waals surface area contributed by atoms with Crippen LogP contribution in [0.1, 0.15) is 23.6 Å². The van der Waals surface area contributed by atoms with Crippen LogP contribution >= 0.6 is 11.3 Å². The number of benzene rings is 2. The van der Waals surface area contributed by atoms with Gasteiger partial charge in [-0.05, 0) is 61.7 Å². The molecule has 2 aromatic carbocycles. The molecule has 0 amide bonds. The summed E-state index contributed by atoms with van der Waals surface area (Å²) in [6.45, 7) is 5.41. The molecule has 154 valence electrons. The number of carboxylic acid groups (broad SMARTS) is 1. The molecule has 0 bridgehead atoms. The number of carbonyl (C=O) groups is 1. The number of aryl methyl sites for hydroxylation is 2. The smallest absolute Gasteiger partial charge is 0.274 e. The number of aromatic nitrogens is 2. The molecule has 0 spiro atoms. The van der Waals surface area contributed by atoms with E-state index in [1.54, 1.807) is 28.7 Å². The highest BCUT2D eigenvalue weighted by molar-refractivity contribution is 7.15. The topological polar surface area (TPSA) is 93.0 Å². The lowest BCUT2D eigenvalue weighted by atomic mass is 10.1. The summed E-state index contributed by atoms with van der Waals surface area (Å²) in [5.74, 6) is -0.669. The van der Waals surface area contributed by atoms with Crippen molar-refractivity contribution in [2.75, 3.05) is 7.11 Å². The third kappa shape index (κ3) is 3.29. The first-order valence-corrected chi connectivity index (χ1v) is 10.1. The predicted molar refractivity (Wildman–Crippen MR) is 113 cm³/mol. The molecule has 0 saturated carbocycles. The average Bonchev–Trinajstić information content (AvgIpc) is 3.23. The third-order valence-corrected chi connectivity index (χ3v) is 6.03. The van der Waals surface area contributed by atoms with Gasteiger partial charge < -0.3 is 19.4 Å². The van der Waals surface area contributed by atoms with E-state index in [2.05, 4.69) is 4.98 Å². The summed E-state index contributed by atoms with van der Waals surface area (Å²) < 4.78 is 12.8. The number of carboxylic acids is 1. The van der Waals surface area contributed by atoms with E-state index in [1.165, 1.54) is 25.4 Å². The summed E-state index contributed by atoms with van der Waals surface area (Å²) >= 11 is 1.32. The summed E-state index contributed by atoms with van der Waals surface area (Å²) in [6, 6.07) is 8.93. The SMILES string of the molecule is COc1cc(/C=c2/sc3nc4c(C)c(C)ccc4n3c2=O)ccc1O[C@@H](C)C(=O)[O-]. The standard InChI is InChI=1S/C22H20N2O5S/c1-11-5-7-15-19(12(11)2)23-22-24(15)20(25)18(30-22)10-14-6-8-16(17(9-14)28-4)29-13(3)21(26)27/h5-10,13H,1-4H3,(H,26,27)/p-1/b18-10+/t13-/m0/s1. The monoisotopic (exact) mass is 423 g/mol. The summed E-state index contributed by atoms with van der Waals surface area (Å²) in [5.41, 5.74) is 4.43. The van der Waals surface area contributed by atoms with E-state index in [0.29, 0.717) is 15.2 Å². The normalized spacial score (nSPS) is 13.1. The molecule has 0 aliphatic heterocycles. The van der Waals surface area contributed by atoms with E-state index in [9.17, 15) is 14.7 Å². The van der Waals surface area contributed by atoms with Crippen LogP contribution in [0.25, 0.3) is 22.1 Å².